The van der Waals surface area contributed by atoms with E-state index in [1.807, 2.05) is 42.3 Å². The van der Waals surface area contributed by atoms with Gasteiger partial charge < -0.3 is 10.2 Å². The van der Waals surface area contributed by atoms with Crippen molar-refractivity contribution in [1.82, 2.24) is 5.32 Å². The van der Waals surface area contributed by atoms with Crippen LogP contribution in [0.3, 0.4) is 0 Å². The van der Waals surface area contributed by atoms with Crippen molar-refractivity contribution >= 4 is 17.1 Å². The number of halogens is 1. The highest BCUT2D eigenvalue weighted by Gasteiger charge is 2.06. The van der Waals surface area contributed by atoms with Gasteiger partial charge in [-0.3, -0.25) is 0 Å². The van der Waals surface area contributed by atoms with Crippen molar-refractivity contribution < 1.29 is 4.39 Å². The van der Waals surface area contributed by atoms with Gasteiger partial charge in [0.2, 0.25) is 0 Å². The van der Waals surface area contributed by atoms with E-state index in [1.54, 1.807) is 6.07 Å². The molecule has 1 N–H and O–H groups in total. The SMILES string of the molecule is C.C#C.C=C(NCCCc1cc(C)ccc1C)c1ccc(N(C)c2cccc(F)c2)cc1. The molecule has 3 heteroatoms. The molecule has 0 aromatic heterocycles. The average Bonchev–Trinajstić information content (AvgIpc) is 2.79. The molecule has 0 saturated carbocycles. The fourth-order valence-electron chi connectivity index (χ4n) is 3.41. The lowest BCUT2D eigenvalue weighted by Crippen LogP contribution is -2.14. The number of anilines is 2. The highest BCUT2D eigenvalue weighted by Crippen LogP contribution is 2.25. The standard InChI is InChI=1S/C26H29FN2.C2H2.CH4/c1-19-10-11-20(2)23(17-19)7-6-16-28-21(3)22-12-14-25(15-13-22)29(4)26-9-5-8-24(27)18-26;1-2;/h5,8-15,17-18,28H,3,6-7,16H2,1-2,4H3;1-2H;1H4. The summed E-state index contributed by atoms with van der Waals surface area (Å²) in [5.74, 6) is -0.232. The van der Waals surface area contributed by atoms with Crippen LogP contribution in [0.1, 0.15) is 36.1 Å². The molecule has 168 valence electrons. The molecule has 0 amide bonds. The third-order valence-corrected chi connectivity index (χ3v) is 5.26. The smallest absolute Gasteiger partial charge is 0.125 e. The number of aryl methyl sites for hydroxylation is 3. The van der Waals surface area contributed by atoms with Gasteiger partial charge in [0, 0.05) is 30.7 Å². The lowest BCUT2D eigenvalue weighted by atomic mass is 10.0. The molecule has 0 aliphatic rings. The summed E-state index contributed by atoms with van der Waals surface area (Å²) >= 11 is 0. The first-order chi connectivity index (χ1) is 14.9. The van der Waals surface area contributed by atoms with Crippen molar-refractivity contribution in [1.29, 1.82) is 0 Å². The third kappa shape index (κ3) is 7.32. The van der Waals surface area contributed by atoms with Gasteiger partial charge in [0.05, 0.1) is 0 Å². The molecule has 0 unspecified atom stereocenters. The Labute approximate surface area is 193 Å². The second-order valence-corrected chi connectivity index (χ2v) is 7.52. The van der Waals surface area contributed by atoms with Gasteiger partial charge in [-0.2, -0.15) is 0 Å². The van der Waals surface area contributed by atoms with Crippen LogP contribution in [0, 0.1) is 32.5 Å². The third-order valence-electron chi connectivity index (χ3n) is 5.26. The molecule has 3 rings (SSSR count). The zero-order valence-electron chi connectivity index (χ0n) is 18.7. The van der Waals surface area contributed by atoms with Crippen molar-refractivity contribution in [3.05, 3.63) is 101 Å². The maximum atomic E-state index is 13.5. The van der Waals surface area contributed by atoms with Crippen molar-refractivity contribution in [3.63, 3.8) is 0 Å². The summed E-state index contributed by atoms with van der Waals surface area (Å²) in [5, 5.41) is 3.43. The van der Waals surface area contributed by atoms with E-state index in [0.717, 1.165) is 42.0 Å². The molecule has 0 aliphatic heterocycles. The zero-order valence-corrected chi connectivity index (χ0v) is 18.7. The van der Waals surface area contributed by atoms with Crippen LogP contribution in [-0.4, -0.2) is 13.6 Å². The van der Waals surface area contributed by atoms with Gasteiger partial charge in [-0.1, -0.05) is 56.0 Å². The van der Waals surface area contributed by atoms with E-state index in [1.165, 1.54) is 28.8 Å². The van der Waals surface area contributed by atoms with Gasteiger partial charge in [-0.25, -0.2) is 4.39 Å². The molecule has 0 fully saturated rings. The molecule has 0 heterocycles. The molecular weight excluding hydrogens is 395 g/mol. The number of nitrogens with zero attached hydrogens (tertiary/aromatic N) is 1. The summed E-state index contributed by atoms with van der Waals surface area (Å²) in [7, 11) is 1.93. The second kappa shape index (κ2) is 13.0. The predicted octanol–water partition coefficient (Wildman–Crippen LogP) is 7.29. The monoisotopic (exact) mass is 430 g/mol. The molecule has 0 saturated heterocycles. The summed E-state index contributed by atoms with van der Waals surface area (Å²) in [5.41, 5.74) is 7.89. The lowest BCUT2D eigenvalue weighted by Gasteiger charge is -2.20. The summed E-state index contributed by atoms with van der Waals surface area (Å²) in [6, 6.07) is 21.4. The largest absolute Gasteiger partial charge is 0.385 e. The molecule has 2 nitrogen and oxygen atoms in total. The molecule has 0 bridgehead atoms. The maximum absolute atomic E-state index is 13.5. The minimum absolute atomic E-state index is 0. The van der Waals surface area contributed by atoms with Gasteiger partial charge in [0.25, 0.3) is 0 Å². The molecule has 0 radical (unpaired) electrons. The van der Waals surface area contributed by atoms with E-state index >= 15 is 0 Å². The molecule has 3 aromatic rings. The van der Waals surface area contributed by atoms with Gasteiger partial charge in [0.1, 0.15) is 5.82 Å². The van der Waals surface area contributed by atoms with Crippen LogP contribution in [0.5, 0.6) is 0 Å². The number of hydrogen-bond donors (Lipinski definition) is 1. The van der Waals surface area contributed by atoms with E-state index in [9.17, 15) is 4.39 Å². The Morgan fingerprint density at radius 3 is 2.31 bits per heavy atom. The Bertz CT molecular complexity index is 1020. The fourth-order valence-corrected chi connectivity index (χ4v) is 3.41. The first-order valence-corrected chi connectivity index (χ1v) is 10.4. The van der Waals surface area contributed by atoms with Gasteiger partial charge in [-0.05, 0) is 73.7 Å². The van der Waals surface area contributed by atoms with E-state index in [0.29, 0.717) is 0 Å². The topological polar surface area (TPSA) is 15.3 Å². The summed E-state index contributed by atoms with van der Waals surface area (Å²) in [4.78, 5) is 1.97. The number of rotatable bonds is 8. The van der Waals surface area contributed by atoms with Crippen molar-refractivity contribution in [2.75, 3.05) is 18.5 Å². The average molecular weight is 431 g/mol. The predicted molar refractivity (Wildman–Crippen MR) is 139 cm³/mol. The van der Waals surface area contributed by atoms with Crippen LogP contribution in [0.25, 0.3) is 5.70 Å². The Hall–Kier alpha value is -3.51. The molecule has 3 aromatic carbocycles. The highest BCUT2D eigenvalue weighted by molar-refractivity contribution is 5.67. The minimum atomic E-state index is -0.232. The molecular formula is C29H35FN2. The first-order valence-electron chi connectivity index (χ1n) is 10.4. The van der Waals surface area contributed by atoms with Crippen LogP contribution < -0.4 is 10.2 Å². The molecule has 0 aliphatic carbocycles. The van der Waals surface area contributed by atoms with Gasteiger partial charge in [0.15, 0.2) is 0 Å². The molecule has 0 atom stereocenters. The number of nitrogens with one attached hydrogen (secondary N) is 1. The maximum Gasteiger partial charge on any atom is 0.125 e. The Balaban J connectivity index is 0.00000166. The van der Waals surface area contributed by atoms with Crippen molar-refractivity contribution in [2.24, 2.45) is 0 Å². The summed E-state index contributed by atoms with van der Waals surface area (Å²) < 4.78 is 13.5. The quantitative estimate of drug-likeness (QED) is 0.298. The normalized spacial score (nSPS) is 9.69. The van der Waals surface area contributed by atoms with Crippen LogP contribution in [0.2, 0.25) is 0 Å². The number of terminal acetylenes is 1. The van der Waals surface area contributed by atoms with Crippen molar-refractivity contribution in [3.8, 4) is 12.8 Å². The van der Waals surface area contributed by atoms with Crippen LogP contribution >= 0.6 is 0 Å². The Kier molecular flexibility index (Phi) is 10.8. The first kappa shape index (κ1) is 26.5. The van der Waals surface area contributed by atoms with Gasteiger partial charge >= 0.3 is 0 Å². The van der Waals surface area contributed by atoms with E-state index in [2.05, 4.69) is 56.8 Å². The van der Waals surface area contributed by atoms with E-state index in [-0.39, 0.29) is 13.2 Å². The summed E-state index contributed by atoms with van der Waals surface area (Å²) in [6.45, 7) is 9.36. The second-order valence-electron chi connectivity index (χ2n) is 7.52. The van der Waals surface area contributed by atoms with E-state index in [4.69, 9.17) is 0 Å². The lowest BCUT2D eigenvalue weighted by molar-refractivity contribution is 0.628. The number of benzene rings is 3. The Morgan fingerprint density at radius 2 is 1.66 bits per heavy atom. The minimum Gasteiger partial charge on any atom is -0.385 e. The summed E-state index contributed by atoms with van der Waals surface area (Å²) in [6.07, 6.45) is 10.1. The van der Waals surface area contributed by atoms with Gasteiger partial charge in [-0.15, -0.1) is 12.8 Å². The fraction of sp³-hybridized carbons (Fsp3) is 0.241. The van der Waals surface area contributed by atoms with Crippen molar-refractivity contribution in [2.45, 2.75) is 34.1 Å². The number of hydrogen-bond acceptors (Lipinski definition) is 2. The van der Waals surface area contributed by atoms with Crippen LogP contribution in [0.15, 0.2) is 73.3 Å². The zero-order chi connectivity index (χ0) is 22.8. The molecule has 0 spiro atoms. The molecule has 32 heavy (non-hydrogen) atoms. The van der Waals surface area contributed by atoms with Crippen LogP contribution in [-0.2, 0) is 6.42 Å². The van der Waals surface area contributed by atoms with Crippen LogP contribution in [0.4, 0.5) is 15.8 Å². The Morgan fingerprint density at radius 1 is 0.969 bits per heavy atom. The highest BCUT2D eigenvalue weighted by atomic mass is 19.1. The van der Waals surface area contributed by atoms with E-state index < -0.39 is 0 Å².